The van der Waals surface area contributed by atoms with Crippen LogP contribution in [0.2, 0.25) is 0 Å². The first-order valence-electron chi connectivity index (χ1n) is 11.7. The lowest BCUT2D eigenvalue weighted by molar-refractivity contribution is 0.0734. The minimum absolute atomic E-state index is 0.346. The van der Waals surface area contributed by atoms with E-state index in [0.29, 0.717) is 17.2 Å². The molecule has 2 aromatic rings. The molecule has 30 heavy (non-hydrogen) atoms. The fourth-order valence-electron chi connectivity index (χ4n) is 4.92. The fourth-order valence-corrected chi connectivity index (χ4v) is 4.92. The summed E-state index contributed by atoms with van der Waals surface area (Å²) in [4.78, 5) is 12.4. The number of halogens is 1. The molecular formula is C27H35FO2. The van der Waals surface area contributed by atoms with E-state index in [9.17, 15) is 9.18 Å². The van der Waals surface area contributed by atoms with Crippen LogP contribution in [0, 0.1) is 17.7 Å². The van der Waals surface area contributed by atoms with Gasteiger partial charge in [0, 0.05) is 0 Å². The van der Waals surface area contributed by atoms with Crippen LogP contribution >= 0.6 is 0 Å². The van der Waals surface area contributed by atoms with Gasteiger partial charge in [-0.2, -0.15) is 0 Å². The van der Waals surface area contributed by atoms with E-state index in [1.165, 1.54) is 87.6 Å². The molecule has 0 radical (unpaired) electrons. The van der Waals surface area contributed by atoms with Crippen molar-refractivity contribution in [1.82, 2.24) is 0 Å². The van der Waals surface area contributed by atoms with Gasteiger partial charge >= 0.3 is 5.97 Å². The molecule has 162 valence electrons. The second-order valence-corrected chi connectivity index (χ2v) is 8.78. The monoisotopic (exact) mass is 410 g/mol. The van der Waals surface area contributed by atoms with E-state index in [4.69, 9.17) is 4.74 Å². The molecule has 2 nitrogen and oxygen atoms in total. The van der Waals surface area contributed by atoms with Gasteiger partial charge in [0.1, 0.15) is 11.6 Å². The van der Waals surface area contributed by atoms with Gasteiger partial charge in [0.25, 0.3) is 0 Å². The Morgan fingerprint density at radius 1 is 0.967 bits per heavy atom. The van der Waals surface area contributed by atoms with Crippen molar-refractivity contribution in [3.8, 4) is 5.75 Å². The van der Waals surface area contributed by atoms with E-state index in [1.54, 1.807) is 0 Å². The first-order valence-corrected chi connectivity index (χ1v) is 11.7. The number of ether oxygens (including phenoxy) is 1. The summed E-state index contributed by atoms with van der Waals surface area (Å²) in [7, 11) is 0. The maximum Gasteiger partial charge on any atom is 0.343 e. The molecule has 3 heteroatoms. The SMILES string of the molecule is CCCCC(c1ccc(C(=O)Oc2ccc(F)cc2)cc1)C1CCC(CCC)CC1. The van der Waals surface area contributed by atoms with E-state index >= 15 is 0 Å². The smallest absolute Gasteiger partial charge is 0.343 e. The molecule has 0 spiro atoms. The molecule has 2 aromatic carbocycles. The molecule has 1 unspecified atom stereocenters. The predicted molar refractivity (Wildman–Crippen MR) is 120 cm³/mol. The van der Waals surface area contributed by atoms with Crippen molar-refractivity contribution in [3.05, 3.63) is 65.5 Å². The first kappa shape index (κ1) is 22.5. The summed E-state index contributed by atoms with van der Waals surface area (Å²) in [5, 5.41) is 0. The van der Waals surface area contributed by atoms with E-state index in [1.807, 2.05) is 12.1 Å². The maximum atomic E-state index is 13.0. The molecule has 3 rings (SSSR count). The van der Waals surface area contributed by atoms with Crippen LogP contribution in [0.5, 0.6) is 5.75 Å². The number of unbranched alkanes of at least 4 members (excludes halogenated alkanes) is 1. The minimum atomic E-state index is -0.404. The quantitative estimate of drug-likeness (QED) is 0.310. The topological polar surface area (TPSA) is 26.3 Å². The normalized spacial score (nSPS) is 20.0. The number of rotatable bonds is 9. The lowest BCUT2D eigenvalue weighted by Crippen LogP contribution is -2.21. The molecule has 1 fully saturated rings. The van der Waals surface area contributed by atoms with E-state index < -0.39 is 5.97 Å². The van der Waals surface area contributed by atoms with Crippen molar-refractivity contribution in [2.45, 2.75) is 77.6 Å². The Morgan fingerprint density at radius 3 is 2.23 bits per heavy atom. The molecule has 0 heterocycles. The second-order valence-electron chi connectivity index (χ2n) is 8.78. The molecular weight excluding hydrogens is 375 g/mol. The average molecular weight is 411 g/mol. The molecule has 0 amide bonds. The summed E-state index contributed by atoms with van der Waals surface area (Å²) in [5.74, 6) is 1.85. The highest BCUT2D eigenvalue weighted by Crippen LogP contribution is 2.42. The Bertz CT molecular complexity index is 774. The molecule has 0 N–H and O–H groups in total. The predicted octanol–water partition coefficient (Wildman–Crippen LogP) is 7.93. The van der Waals surface area contributed by atoms with Crippen molar-refractivity contribution in [3.63, 3.8) is 0 Å². The first-order chi connectivity index (χ1) is 14.6. The number of carbonyl (C=O) groups is 1. The van der Waals surface area contributed by atoms with Crippen molar-refractivity contribution in [2.75, 3.05) is 0 Å². The van der Waals surface area contributed by atoms with Gasteiger partial charge in [-0.3, -0.25) is 0 Å². The number of hydrogen-bond donors (Lipinski definition) is 0. The van der Waals surface area contributed by atoms with Crippen LogP contribution in [-0.4, -0.2) is 5.97 Å². The maximum absolute atomic E-state index is 13.0. The van der Waals surface area contributed by atoms with Gasteiger partial charge in [-0.05, 0) is 79.0 Å². The zero-order chi connectivity index (χ0) is 21.3. The molecule has 1 saturated carbocycles. The Labute approximate surface area is 180 Å². The summed E-state index contributed by atoms with van der Waals surface area (Å²) in [6.45, 7) is 4.54. The highest BCUT2D eigenvalue weighted by Gasteiger charge is 2.28. The number of carbonyl (C=O) groups excluding carboxylic acids is 1. The van der Waals surface area contributed by atoms with Gasteiger partial charge in [0.15, 0.2) is 0 Å². The van der Waals surface area contributed by atoms with Crippen LogP contribution in [0.1, 0.15) is 93.5 Å². The largest absolute Gasteiger partial charge is 0.423 e. The Kier molecular flexibility index (Phi) is 8.48. The summed E-state index contributed by atoms with van der Waals surface area (Å²) in [6.07, 6.45) is 11.7. The molecule has 1 aliphatic carbocycles. The summed E-state index contributed by atoms with van der Waals surface area (Å²) >= 11 is 0. The fraction of sp³-hybridized carbons (Fsp3) is 0.519. The number of esters is 1. The highest BCUT2D eigenvalue weighted by atomic mass is 19.1. The second kappa shape index (κ2) is 11.3. The third-order valence-electron chi connectivity index (χ3n) is 6.62. The third kappa shape index (κ3) is 6.17. The third-order valence-corrected chi connectivity index (χ3v) is 6.62. The van der Waals surface area contributed by atoms with Crippen LogP contribution in [-0.2, 0) is 0 Å². The van der Waals surface area contributed by atoms with E-state index in [0.717, 1.165) is 11.8 Å². The minimum Gasteiger partial charge on any atom is -0.423 e. The molecule has 0 aliphatic heterocycles. The van der Waals surface area contributed by atoms with Gasteiger partial charge in [-0.15, -0.1) is 0 Å². The van der Waals surface area contributed by atoms with Crippen LogP contribution in [0.25, 0.3) is 0 Å². The number of benzene rings is 2. The van der Waals surface area contributed by atoms with Crippen molar-refractivity contribution < 1.29 is 13.9 Å². The van der Waals surface area contributed by atoms with Crippen molar-refractivity contribution >= 4 is 5.97 Å². The molecule has 1 atom stereocenters. The van der Waals surface area contributed by atoms with Gasteiger partial charge in [0.2, 0.25) is 0 Å². The zero-order valence-electron chi connectivity index (χ0n) is 18.4. The Hall–Kier alpha value is -2.16. The summed E-state index contributed by atoms with van der Waals surface area (Å²) in [5.41, 5.74) is 1.88. The van der Waals surface area contributed by atoms with Crippen LogP contribution in [0.4, 0.5) is 4.39 Å². The standard InChI is InChI=1S/C27H35FO2/c1-3-5-7-26(21-10-8-20(6-4-2)9-11-21)22-12-14-23(15-13-22)27(29)30-25-18-16-24(28)17-19-25/h12-21,26H,3-11H2,1-2H3. The van der Waals surface area contributed by atoms with Crippen molar-refractivity contribution in [1.29, 1.82) is 0 Å². The molecule has 1 aliphatic rings. The number of hydrogen-bond acceptors (Lipinski definition) is 2. The molecule has 0 bridgehead atoms. The van der Waals surface area contributed by atoms with Gasteiger partial charge in [-0.25, -0.2) is 9.18 Å². The Balaban J connectivity index is 1.66. The zero-order valence-corrected chi connectivity index (χ0v) is 18.4. The van der Waals surface area contributed by atoms with Gasteiger partial charge < -0.3 is 4.74 Å². The van der Waals surface area contributed by atoms with Gasteiger partial charge in [-0.1, -0.05) is 64.5 Å². The summed E-state index contributed by atoms with van der Waals surface area (Å²) in [6, 6.07) is 13.5. The molecule has 0 saturated heterocycles. The highest BCUT2D eigenvalue weighted by molar-refractivity contribution is 5.91. The molecule has 0 aromatic heterocycles. The summed E-state index contributed by atoms with van der Waals surface area (Å²) < 4.78 is 18.4. The van der Waals surface area contributed by atoms with Crippen LogP contribution in [0.15, 0.2) is 48.5 Å². The van der Waals surface area contributed by atoms with E-state index in [-0.39, 0.29) is 5.82 Å². The lowest BCUT2D eigenvalue weighted by atomic mass is 9.71. The van der Waals surface area contributed by atoms with E-state index in [2.05, 4.69) is 26.0 Å². The average Bonchev–Trinajstić information content (AvgIpc) is 2.77. The Morgan fingerprint density at radius 2 is 1.63 bits per heavy atom. The van der Waals surface area contributed by atoms with Crippen molar-refractivity contribution in [2.24, 2.45) is 11.8 Å². The van der Waals surface area contributed by atoms with Crippen LogP contribution in [0.3, 0.4) is 0 Å². The van der Waals surface area contributed by atoms with Gasteiger partial charge in [0.05, 0.1) is 5.56 Å². The lowest BCUT2D eigenvalue weighted by Gasteiger charge is -2.34. The van der Waals surface area contributed by atoms with Crippen LogP contribution < -0.4 is 4.74 Å².